The van der Waals surface area contributed by atoms with Gasteiger partial charge in [0.25, 0.3) is 10.0 Å². The van der Waals surface area contributed by atoms with Crippen molar-refractivity contribution in [3.8, 4) is 17.1 Å². The first-order chi connectivity index (χ1) is 15.9. The predicted octanol–water partition coefficient (Wildman–Crippen LogP) is 3.46. The van der Waals surface area contributed by atoms with Crippen LogP contribution in [0.2, 0.25) is 0 Å². The fourth-order valence-corrected chi connectivity index (χ4v) is 4.49. The number of hydrogen-bond donors (Lipinski definition) is 1. The molecule has 4 rings (SSSR count). The Morgan fingerprint density at radius 2 is 1.94 bits per heavy atom. The molecule has 1 fully saturated rings. The Hall–Kier alpha value is -3.31. The van der Waals surface area contributed by atoms with E-state index in [1.54, 1.807) is 18.3 Å². The Morgan fingerprint density at radius 1 is 1.15 bits per heavy atom. The van der Waals surface area contributed by atoms with Gasteiger partial charge in [-0.15, -0.1) is 0 Å². The molecule has 1 aliphatic heterocycles. The second-order valence-electron chi connectivity index (χ2n) is 7.17. The maximum Gasteiger partial charge on any atom is 0.264 e. The van der Waals surface area contributed by atoms with Crippen LogP contribution in [-0.2, 0) is 14.8 Å². The van der Waals surface area contributed by atoms with E-state index in [1.165, 1.54) is 12.1 Å². The van der Waals surface area contributed by atoms with Crippen molar-refractivity contribution in [1.82, 2.24) is 9.97 Å². The van der Waals surface area contributed by atoms with Crippen LogP contribution in [-0.4, -0.2) is 51.3 Å². The highest BCUT2D eigenvalue weighted by atomic mass is 32.2. The highest BCUT2D eigenvalue weighted by Gasteiger charge is 2.21. The molecule has 11 heteroatoms. The van der Waals surface area contributed by atoms with Crippen molar-refractivity contribution < 1.29 is 26.7 Å². The molecule has 3 aromatic rings. The van der Waals surface area contributed by atoms with Gasteiger partial charge in [-0.2, -0.15) is 0 Å². The van der Waals surface area contributed by atoms with Crippen molar-refractivity contribution in [2.45, 2.75) is 11.8 Å². The molecule has 1 aliphatic rings. The number of benzene rings is 2. The first-order valence-electron chi connectivity index (χ1n) is 10.3. The molecule has 174 valence electrons. The van der Waals surface area contributed by atoms with Crippen LogP contribution in [0.5, 0.6) is 5.75 Å². The summed E-state index contributed by atoms with van der Waals surface area (Å²) in [4.78, 5) is 10.4. The summed E-state index contributed by atoms with van der Waals surface area (Å²) in [5.41, 5.74) is 0.731. The van der Waals surface area contributed by atoms with Crippen LogP contribution in [0, 0.1) is 11.6 Å². The molecule has 2 aromatic carbocycles. The molecular weight excluding hydrogens is 454 g/mol. The van der Waals surface area contributed by atoms with Crippen LogP contribution >= 0.6 is 0 Å². The van der Waals surface area contributed by atoms with Gasteiger partial charge in [0.05, 0.1) is 26.0 Å². The van der Waals surface area contributed by atoms with Crippen molar-refractivity contribution in [3.63, 3.8) is 0 Å². The number of sulfonamides is 1. The lowest BCUT2D eigenvalue weighted by Gasteiger charge is -2.29. The van der Waals surface area contributed by atoms with E-state index in [-0.39, 0.29) is 5.69 Å². The molecule has 33 heavy (non-hydrogen) atoms. The van der Waals surface area contributed by atoms with Crippen LogP contribution in [0.25, 0.3) is 11.4 Å². The van der Waals surface area contributed by atoms with Gasteiger partial charge in [0.2, 0.25) is 0 Å². The average Bonchev–Trinajstić information content (AvgIpc) is 2.80. The summed E-state index contributed by atoms with van der Waals surface area (Å²) in [6.07, 6.45) is 1.58. The molecule has 1 saturated heterocycles. The van der Waals surface area contributed by atoms with Gasteiger partial charge in [0, 0.05) is 30.4 Å². The summed E-state index contributed by atoms with van der Waals surface area (Å²) >= 11 is 0. The number of aromatic nitrogens is 2. The van der Waals surface area contributed by atoms with Crippen LogP contribution in [0.15, 0.2) is 53.6 Å². The Kier molecular flexibility index (Phi) is 6.70. The number of morpholine rings is 1. The van der Waals surface area contributed by atoms with E-state index in [2.05, 4.69) is 14.7 Å². The van der Waals surface area contributed by atoms with Gasteiger partial charge in [-0.05, 0) is 31.2 Å². The Labute approximate surface area is 190 Å². The fourth-order valence-electron chi connectivity index (χ4n) is 3.38. The van der Waals surface area contributed by atoms with E-state index in [4.69, 9.17) is 9.47 Å². The van der Waals surface area contributed by atoms with Crippen molar-refractivity contribution >= 4 is 21.5 Å². The van der Waals surface area contributed by atoms with Crippen LogP contribution in [0.3, 0.4) is 0 Å². The summed E-state index contributed by atoms with van der Waals surface area (Å²) in [6, 6.07) is 8.69. The number of anilines is 2. The minimum atomic E-state index is -4.27. The van der Waals surface area contributed by atoms with E-state index in [0.29, 0.717) is 61.9 Å². The van der Waals surface area contributed by atoms with Crippen LogP contribution in [0.1, 0.15) is 6.92 Å². The summed E-state index contributed by atoms with van der Waals surface area (Å²) in [6.45, 7) is 4.78. The van der Waals surface area contributed by atoms with Gasteiger partial charge in [-0.25, -0.2) is 27.2 Å². The number of nitrogens with zero attached hydrogens (tertiary/aromatic N) is 3. The molecule has 1 aromatic heterocycles. The Morgan fingerprint density at radius 3 is 2.67 bits per heavy atom. The zero-order valence-electron chi connectivity index (χ0n) is 17.8. The summed E-state index contributed by atoms with van der Waals surface area (Å²) in [5, 5.41) is 0. The third-order valence-corrected chi connectivity index (χ3v) is 6.32. The van der Waals surface area contributed by atoms with Gasteiger partial charge in [0.15, 0.2) is 17.4 Å². The molecule has 8 nitrogen and oxygen atoms in total. The highest BCUT2D eigenvalue weighted by Crippen LogP contribution is 2.30. The minimum Gasteiger partial charge on any atom is -0.488 e. The summed E-state index contributed by atoms with van der Waals surface area (Å²) in [7, 11) is -4.27. The Bertz CT molecular complexity index is 1250. The third-order valence-electron chi connectivity index (χ3n) is 4.90. The molecular formula is C22H22F2N4O4S. The lowest BCUT2D eigenvalue weighted by molar-refractivity contribution is 0.122. The molecule has 2 heterocycles. The van der Waals surface area contributed by atoms with Crippen molar-refractivity contribution in [3.05, 3.63) is 60.3 Å². The number of ether oxygens (including phenoxy) is 2. The quantitative estimate of drug-likeness (QED) is 0.558. The lowest BCUT2D eigenvalue weighted by Crippen LogP contribution is -2.37. The van der Waals surface area contributed by atoms with Gasteiger partial charge >= 0.3 is 0 Å². The Balaban J connectivity index is 1.64. The van der Waals surface area contributed by atoms with Crippen LogP contribution in [0.4, 0.5) is 20.3 Å². The molecule has 0 unspecified atom stereocenters. The normalized spacial score (nSPS) is 14.2. The fraction of sp³-hybridized carbons (Fsp3) is 0.273. The first kappa shape index (κ1) is 22.9. The lowest BCUT2D eigenvalue weighted by atomic mass is 10.2. The summed E-state index contributed by atoms with van der Waals surface area (Å²) < 4.78 is 65.8. The van der Waals surface area contributed by atoms with E-state index in [0.717, 1.165) is 12.1 Å². The van der Waals surface area contributed by atoms with Crippen LogP contribution < -0.4 is 14.4 Å². The number of halogens is 2. The molecule has 0 atom stereocenters. The van der Waals surface area contributed by atoms with Gasteiger partial charge in [0.1, 0.15) is 16.5 Å². The molecule has 1 N–H and O–H groups in total. The smallest absolute Gasteiger partial charge is 0.264 e. The maximum absolute atomic E-state index is 14.0. The number of rotatable bonds is 7. The SMILES string of the molecule is CCOc1cnc(-c2cccc(NS(=O)(=O)c3ccc(F)cc3F)c2)nc1N1CCOCC1. The number of nitrogens with one attached hydrogen (secondary N) is 1. The van der Waals surface area contributed by atoms with Crippen molar-refractivity contribution in [2.24, 2.45) is 0 Å². The molecule has 0 bridgehead atoms. The largest absolute Gasteiger partial charge is 0.488 e. The van der Waals surface area contributed by atoms with Gasteiger partial charge < -0.3 is 14.4 Å². The zero-order chi connectivity index (χ0) is 23.4. The molecule has 0 aliphatic carbocycles. The molecule has 0 spiro atoms. The van der Waals surface area contributed by atoms with Crippen molar-refractivity contribution in [2.75, 3.05) is 42.5 Å². The topological polar surface area (TPSA) is 93.6 Å². The van der Waals surface area contributed by atoms with Gasteiger partial charge in [-0.1, -0.05) is 12.1 Å². The zero-order valence-corrected chi connectivity index (χ0v) is 18.6. The second kappa shape index (κ2) is 9.67. The monoisotopic (exact) mass is 476 g/mol. The minimum absolute atomic E-state index is 0.182. The second-order valence-corrected chi connectivity index (χ2v) is 8.83. The maximum atomic E-state index is 14.0. The number of hydrogen-bond acceptors (Lipinski definition) is 7. The van der Waals surface area contributed by atoms with E-state index in [1.807, 2.05) is 11.8 Å². The molecule has 0 radical (unpaired) electrons. The highest BCUT2D eigenvalue weighted by molar-refractivity contribution is 7.92. The summed E-state index contributed by atoms with van der Waals surface area (Å²) in [5.74, 6) is -0.494. The van der Waals surface area contributed by atoms with E-state index in [9.17, 15) is 17.2 Å². The van der Waals surface area contributed by atoms with Gasteiger partial charge in [-0.3, -0.25) is 4.72 Å². The van der Waals surface area contributed by atoms with E-state index >= 15 is 0 Å². The van der Waals surface area contributed by atoms with Crippen molar-refractivity contribution in [1.29, 1.82) is 0 Å². The first-order valence-corrected chi connectivity index (χ1v) is 11.8. The molecule has 0 saturated carbocycles. The van der Waals surface area contributed by atoms with E-state index < -0.39 is 26.6 Å². The third kappa shape index (κ3) is 5.20. The predicted molar refractivity (Wildman–Crippen MR) is 119 cm³/mol. The standard InChI is InChI=1S/C22H22F2N4O4S/c1-2-32-19-14-25-21(26-22(19)28-8-10-31-11-9-28)15-4-3-5-17(12-15)27-33(29,30)20-7-6-16(23)13-18(20)24/h3-7,12-14,27H,2,8-11H2,1H3. The average molecular weight is 477 g/mol. The molecule has 0 amide bonds.